The van der Waals surface area contributed by atoms with E-state index in [2.05, 4.69) is 0 Å². The summed E-state index contributed by atoms with van der Waals surface area (Å²) in [4.78, 5) is 11.0. The lowest BCUT2D eigenvalue weighted by Crippen LogP contribution is -2.03. The molecule has 0 amide bonds. The molecule has 2 rings (SSSR count). The van der Waals surface area contributed by atoms with Gasteiger partial charge in [0.05, 0.1) is 5.69 Å². The van der Waals surface area contributed by atoms with Crippen LogP contribution in [0.15, 0.2) is 30.3 Å². The third kappa shape index (κ3) is 2.41. The van der Waals surface area contributed by atoms with E-state index in [4.69, 9.17) is 16.3 Å². The molecule has 0 saturated heterocycles. The molecular formula is C14H14ClNO2. The van der Waals surface area contributed by atoms with Crippen molar-refractivity contribution in [2.24, 2.45) is 0 Å². The number of ether oxygens (including phenoxy) is 1. The molecule has 18 heavy (non-hydrogen) atoms. The van der Waals surface area contributed by atoms with Crippen molar-refractivity contribution in [2.75, 3.05) is 0 Å². The van der Waals surface area contributed by atoms with E-state index in [-0.39, 0.29) is 5.97 Å². The molecule has 0 atom stereocenters. The van der Waals surface area contributed by atoms with Crippen molar-refractivity contribution in [2.45, 2.75) is 20.8 Å². The summed E-state index contributed by atoms with van der Waals surface area (Å²) in [5.41, 5.74) is 2.89. The minimum Gasteiger partial charge on any atom is -0.425 e. The van der Waals surface area contributed by atoms with Crippen LogP contribution >= 0.6 is 11.6 Å². The molecule has 1 heterocycles. The molecule has 0 N–H and O–H groups in total. The highest BCUT2D eigenvalue weighted by Gasteiger charge is 2.12. The summed E-state index contributed by atoms with van der Waals surface area (Å²) in [5.74, 6) is 0.279. The van der Waals surface area contributed by atoms with Gasteiger partial charge in [-0.25, -0.2) is 0 Å². The smallest absolute Gasteiger partial charge is 0.308 e. The maximum Gasteiger partial charge on any atom is 0.308 e. The van der Waals surface area contributed by atoms with Crippen LogP contribution in [0.2, 0.25) is 5.02 Å². The van der Waals surface area contributed by atoms with Crippen LogP contribution in [0.3, 0.4) is 0 Å². The molecule has 0 aliphatic carbocycles. The third-order valence-corrected chi connectivity index (χ3v) is 2.98. The maximum atomic E-state index is 11.0. The summed E-state index contributed by atoms with van der Waals surface area (Å²) in [6.45, 7) is 5.28. The number of benzene rings is 1. The van der Waals surface area contributed by atoms with Gasteiger partial charge in [-0.3, -0.25) is 4.79 Å². The first-order chi connectivity index (χ1) is 8.49. The Hall–Kier alpha value is -1.74. The van der Waals surface area contributed by atoms with Crippen LogP contribution in [-0.2, 0) is 4.79 Å². The molecule has 4 heteroatoms. The van der Waals surface area contributed by atoms with Crippen LogP contribution in [0.1, 0.15) is 18.3 Å². The largest absolute Gasteiger partial charge is 0.425 e. The van der Waals surface area contributed by atoms with E-state index in [0.717, 1.165) is 17.1 Å². The Morgan fingerprint density at radius 3 is 2.39 bits per heavy atom. The van der Waals surface area contributed by atoms with Gasteiger partial charge in [0.25, 0.3) is 0 Å². The Bertz CT molecular complexity index is 585. The summed E-state index contributed by atoms with van der Waals surface area (Å²) in [6.07, 6.45) is 0. The standard InChI is InChI=1S/C14H14ClNO2/c1-9-8-14(18-11(3)17)10(2)16(9)13-6-4-12(15)5-7-13/h4-8H,1-3H3. The average molecular weight is 264 g/mol. The van der Waals surface area contributed by atoms with Crippen molar-refractivity contribution in [3.8, 4) is 11.4 Å². The number of carbonyl (C=O) groups is 1. The summed E-state index contributed by atoms with van der Waals surface area (Å²) in [5, 5.41) is 0.696. The van der Waals surface area contributed by atoms with E-state index in [1.54, 1.807) is 0 Å². The maximum absolute atomic E-state index is 11.0. The summed E-state index contributed by atoms with van der Waals surface area (Å²) >= 11 is 5.87. The van der Waals surface area contributed by atoms with Crippen LogP contribution in [0.5, 0.6) is 5.75 Å². The molecule has 0 radical (unpaired) electrons. The molecule has 1 aromatic heterocycles. The van der Waals surface area contributed by atoms with Gasteiger partial charge in [-0.15, -0.1) is 0 Å². The minimum atomic E-state index is -0.314. The lowest BCUT2D eigenvalue weighted by atomic mass is 10.3. The van der Waals surface area contributed by atoms with Gasteiger partial charge in [-0.1, -0.05) is 11.6 Å². The number of carbonyl (C=O) groups excluding carboxylic acids is 1. The Morgan fingerprint density at radius 2 is 1.83 bits per heavy atom. The molecule has 0 aliphatic heterocycles. The number of nitrogens with zero attached hydrogens (tertiary/aromatic N) is 1. The molecule has 0 aliphatic rings. The van der Waals surface area contributed by atoms with Crippen molar-refractivity contribution in [1.82, 2.24) is 4.57 Å². The topological polar surface area (TPSA) is 31.2 Å². The molecule has 0 unspecified atom stereocenters. The number of halogens is 1. The molecule has 0 bridgehead atoms. The van der Waals surface area contributed by atoms with Gasteiger partial charge in [0.1, 0.15) is 0 Å². The SMILES string of the molecule is CC(=O)Oc1cc(C)n(-c2ccc(Cl)cc2)c1C. The number of rotatable bonds is 2. The zero-order valence-electron chi connectivity index (χ0n) is 10.5. The lowest BCUT2D eigenvalue weighted by molar-refractivity contribution is -0.131. The normalized spacial score (nSPS) is 10.4. The molecule has 0 fully saturated rings. The molecule has 3 nitrogen and oxygen atoms in total. The lowest BCUT2D eigenvalue weighted by Gasteiger charge is -2.09. The minimum absolute atomic E-state index is 0.314. The highest BCUT2D eigenvalue weighted by molar-refractivity contribution is 6.30. The first-order valence-electron chi connectivity index (χ1n) is 5.62. The van der Waals surface area contributed by atoms with Gasteiger partial charge >= 0.3 is 5.97 Å². The quantitative estimate of drug-likeness (QED) is 0.774. The predicted octanol–water partition coefficient (Wildman–Crippen LogP) is 3.67. The number of hydrogen-bond donors (Lipinski definition) is 0. The van der Waals surface area contributed by atoms with E-state index < -0.39 is 0 Å². The van der Waals surface area contributed by atoms with Crippen LogP contribution in [-0.4, -0.2) is 10.5 Å². The van der Waals surface area contributed by atoms with Gasteiger partial charge in [-0.05, 0) is 38.1 Å². The van der Waals surface area contributed by atoms with Crippen LogP contribution < -0.4 is 4.74 Å². The summed E-state index contributed by atoms with van der Waals surface area (Å²) < 4.78 is 7.19. The molecule has 94 valence electrons. The predicted molar refractivity (Wildman–Crippen MR) is 71.6 cm³/mol. The number of aromatic nitrogens is 1. The second-order valence-corrected chi connectivity index (χ2v) is 4.58. The summed E-state index contributed by atoms with van der Waals surface area (Å²) in [6, 6.07) is 9.38. The van der Waals surface area contributed by atoms with Crippen molar-refractivity contribution < 1.29 is 9.53 Å². The molecule has 0 saturated carbocycles. The fourth-order valence-corrected chi connectivity index (χ4v) is 2.11. The zero-order chi connectivity index (χ0) is 13.3. The molecular weight excluding hydrogens is 250 g/mol. The van der Waals surface area contributed by atoms with Crippen molar-refractivity contribution in [3.05, 3.63) is 46.7 Å². The Kier molecular flexibility index (Phi) is 3.43. The van der Waals surface area contributed by atoms with Gasteiger partial charge in [-0.2, -0.15) is 0 Å². The van der Waals surface area contributed by atoms with Crippen molar-refractivity contribution >= 4 is 17.6 Å². The number of hydrogen-bond acceptors (Lipinski definition) is 2. The monoisotopic (exact) mass is 263 g/mol. The van der Waals surface area contributed by atoms with E-state index in [1.807, 2.05) is 48.7 Å². The molecule has 0 spiro atoms. The Labute approximate surface area is 111 Å². The molecule has 1 aromatic carbocycles. The number of esters is 1. The summed E-state index contributed by atoms with van der Waals surface area (Å²) in [7, 11) is 0. The van der Waals surface area contributed by atoms with Crippen LogP contribution in [0.4, 0.5) is 0 Å². The first-order valence-corrected chi connectivity index (χ1v) is 6.00. The van der Waals surface area contributed by atoms with Gasteiger partial charge in [0.15, 0.2) is 5.75 Å². The fraction of sp³-hybridized carbons (Fsp3) is 0.214. The second kappa shape index (κ2) is 4.86. The second-order valence-electron chi connectivity index (χ2n) is 4.14. The van der Waals surface area contributed by atoms with E-state index in [9.17, 15) is 4.79 Å². The molecule has 2 aromatic rings. The van der Waals surface area contributed by atoms with Crippen LogP contribution in [0.25, 0.3) is 5.69 Å². The average Bonchev–Trinajstić information content (AvgIpc) is 2.55. The Morgan fingerprint density at radius 1 is 1.22 bits per heavy atom. The Balaban J connectivity index is 2.48. The van der Waals surface area contributed by atoms with Crippen LogP contribution in [0, 0.1) is 13.8 Å². The van der Waals surface area contributed by atoms with Crippen molar-refractivity contribution in [3.63, 3.8) is 0 Å². The highest BCUT2D eigenvalue weighted by Crippen LogP contribution is 2.27. The van der Waals surface area contributed by atoms with E-state index >= 15 is 0 Å². The van der Waals surface area contributed by atoms with E-state index in [1.165, 1.54) is 6.92 Å². The van der Waals surface area contributed by atoms with Gasteiger partial charge in [0.2, 0.25) is 0 Å². The van der Waals surface area contributed by atoms with Crippen molar-refractivity contribution in [1.29, 1.82) is 0 Å². The zero-order valence-corrected chi connectivity index (χ0v) is 11.3. The van der Waals surface area contributed by atoms with Gasteiger partial charge in [0, 0.05) is 29.4 Å². The van der Waals surface area contributed by atoms with E-state index in [0.29, 0.717) is 10.8 Å². The highest BCUT2D eigenvalue weighted by atomic mass is 35.5. The third-order valence-electron chi connectivity index (χ3n) is 2.72. The first kappa shape index (κ1) is 12.7. The fourth-order valence-electron chi connectivity index (χ4n) is 1.98. The number of aryl methyl sites for hydroxylation is 1. The van der Waals surface area contributed by atoms with Gasteiger partial charge < -0.3 is 9.30 Å².